The lowest BCUT2D eigenvalue weighted by Gasteiger charge is -2.20. The van der Waals surface area contributed by atoms with Gasteiger partial charge in [0.25, 0.3) is 0 Å². The number of hydrogen-bond acceptors (Lipinski definition) is 6. The Hall–Kier alpha value is -2.31. The number of esters is 1. The van der Waals surface area contributed by atoms with Crippen LogP contribution in [0.3, 0.4) is 0 Å². The Morgan fingerprint density at radius 3 is 2.80 bits per heavy atom. The van der Waals surface area contributed by atoms with Gasteiger partial charge in [-0.05, 0) is 51.2 Å². The number of benzene rings is 1. The van der Waals surface area contributed by atoms with Gasteiger partial charge in [0.1, 0.15) is 30.0 Å². The summed E-state index contributed by atoms with van der Waals surface area (Å²) in [4.78, 5) is 13.7. The molecule has 0 saturated carbocycles. The van der Waals surface area contributed by atoms with Gasteiger partial charge in [0.05, 0.1) is 18.7 Å². The van der Waals surface area contributed by atoms with E-state index in [4.69, 9.17) is 13.9 Å². The SMILES string of the molecule is CCOC(=O)c1cccc(OC[C@@H](O)CN(C)Cc2ccc(C)o2)c1. The highest BCUT2D eigenvalue weighted by molar-refractivity contribution is 5.89. The number of furan rings is 1. The van der Waals surface area contributed by atoms with E-state index in [-0.39, 0.29) is 12.6 Å². The first-order valence-electron chi connectivity index (χ1n) is 8.30. The van der Waals surface area contributed by atoms with Crippen molar-refractivity contribution in [1.82, 2.24) is 4.90 Å². The molecule has 1 N–H and O–H groups in total. The van der Waals surface area contributed by atoms with Crippen molar-refractivity contribution in [1.29, 1.82) is 0 Å². The van der Waals surface area contributed by atoms with E-state index in [1.807, 2.05) is 31.0 Å². The predicted molar refractivity (Wildman–Crippen MR) is 93.7 cm³/mol. The quantitative estimate of drug-likeness (QED) is 0.703. The second kappa shape index (κ2) is 9.25. The Morgan fingerprint density at radius 2 is 2.12 bits per heavy atom. The molecule has 0 bridgehead atoms. The molecule has 1 aromatic heterocycles. The molecule has 0 amide bonds. The van der Waals surface area contributed by atoms with Gasteiger partial charge >= 0.3 is 5.97 Å². The minimum Gasteiger partial charge on any atom is -0.491 e. The van der Waals surface area contributed by atoms with E-state index in [9.17, 15) is 9.90 Å². The second-order valence-electron chi connectivity index (χ2n) is 5.92. The highest BCUT2D eigenvalue weighted by Crippen LogP contribution is 2.15. The van der Waals surface area contributed by atoms with Gasteiger partial charge < -0.3 is 19.0 Å². The molecule has 0 radical (unpaired) electrons. The summed E-state index contributed by atoms with van der Waals surface area (Å²) in [6, 6.07) is 10.6. The molecule has 1 aromatic carbocycles. The van der Waals surface area contributed by atoms with Crippen LogP contribution in [0, 0.1) is 6.92 Å². The number of aliphatic hydroxyl groups excluding tert-OH is 1. The van der Waals surface area contributed by atoms with Gasteiger partial charge in [0, 0.05) is 6.54 Å². The number of hydrogen-bond donors (Lipinski definition) is 1. The summed E-state index contributed by atoms with van der Waals surface area (Å²) in [6.07, 6.45) is -0.660. The number of likely N-dealkylation sites (N-methyl/N-ethyl adjacent to an activating group) is 1. The second-order valence-corrected chi connectivity index (χ2v) is 5.92. The zero-order valence-corrected chi connectivity index (χ0v) is 14.9. The van der Waals surface area contributed by atoms with E-state index >= 15 is 0 Å². The molecule has 0 saturated heterocycles. The van der Waals surface area contributed by atoms with E-state index in [1.165, 1.54) is 0 Å². The third kappa shape index (κ3) is 6.25. The molecule has 0 aliphatic rings. The van der Waals surface area contributed by atoms with E-state index < -0.39 is 6.10 Å². The molecule has 25 heavy (non-hydrogen) atoms. The van der Waals surface area contributed by atoms with Crippen molar-refractivity contribution in [2.45, 2.75) is 26.5 Å². The van der Waals surface area contributed by atoms with Crippen molar-refractivity contribution >= 4 is 5.97 Å². The molecule has 6 heteroatoms. The highest BCUT2D eigenvalue weighted by atomic mass is 16.5. The van der Waals surface area contributed by atoms with Gasteiger partial charge in [0.15, 0.2) is 0 Å². The van der Waals surface area contributed by atoms with Crippen LogP contribution in [0.5, 0.6) is 5.75 Å². The minimum absolute atomic E-state index is 0.133. The smallest absolute Gasteiger partial charge is 0.338 e. The molecule has 0 aliphatic carbocycles. The molecule has 2 aromatic rings. The van der Waals surface area contributed by atoms with Crippen molar-refractivity contribution in [3.63, 3.8) is 0 Å². The van der Waals surface area contributed by atoms with Crippen LogP contribution in [-0.2, 0) is 11.3 Å². The molecule has 0 unspecified atom stereocenters. The summed E-state index contributed by atoms with van der Waals surface area (Å²) in [5, 5.41) is 10.1. The number of carbonyl (C=O) groups is 1. The van der Waals surface area contributed by atoms with Crippen LogP contribution >= 0.6 is 0 Å². The largest absolute Gasteiger partial charge is 0.491 e. The lowest BCUT2D eigenvalue weighted by Crippen LogP contribution is -2.32. The Bertz CT molecular complexity index is 682. The number of carbonyl (C=O) groups excluding carboxylic acids is 1. The van der Waals surface area contributed by atoms with Crippen LogP contribution in [0.15, 0.2) is 40.8 Å². The summed E-state index contributed by atoms with van der Waals surface area (Å²) >= 11 is 0. The average Bonchev–Trinajstić information content (AvgIpc) is 2.98. The number of aliphatic hydroxyl groups is 1. The fraction of sp³-hybridized carbons (Fsp3) is 0.421. The lowest BCUT2D eigenvalue weighted by atomic mass is 10.2. The molecule has 2 rings (SSSR count). The van der Waals surface area contributed by atoms with Gasteiger partial charge in [-0.3, -0.25) is 4.90 Å². The summed E-state index contributed by atoms with van der Waals surface area (Å²) in [5.41, 5.74) is 0.430. The zero-order valence-electron chi connectivity index (χ0n) is 14.9. The Labute approximate surface area is 148 Å². The standard InChI is InChI=1S/C19H25NO5/c1-4-23-19(22)15-6-5-7-17(10-15)24-13-16(21)11-20(3)12-18-9-8-14(2)25-18/h5-10,16,21H,4,11-13H2,1-3H3/t16-/m0/s1. The number of ether oxygens (including phenoxy) is 2. The van der Waals surface area contributed by atoms with Crippen molar-refractivity contribution in [2.24, 2.45) is 0 Å². The van der Waals surface area contributed by atoms with Crippen molar-refractivity contribution in [3.05, 3.63) is 53.5 Å². The minimum atomic E-state index is -0.660. The van der Waals surface area contributed by atoms with Gasteiger partial charge in [-0.2, -0.15) is 0 Å². The molecule has 0 spiro atoms. The molecule has 1 heterocycles. The topological polar surface area (TPSA) is 72.1 Å². The van der Waals surface area contributed by atoms with Crippen LogP contribution < -0.4 is 4.74 Å². The third-order valence-electron chi connectivity index (χ3n) is 3.53. The molecular weight excluding hydrogens is 322 g/mol. The van der Waals surface area contributed by atoms with Crippen LogP contribution in [0.4, 0.5) is 0 Å². The Morgan fingerprint density at radius 1 is 1.32 bits per heavy atom. The first kappa shape index (κ1) is 19.0. The lowest BCUT2D eigenvalue weighted by molar-refractivity contribution is 0.0525. The van der Waals surface area contributed by atoms with Crippen LogP contribution in [-0.4, -0.2) is 48.9 Å². The zero-order chi connectivity index (χ0) is 18.2. The molecule has 136 valence electrons. The van der Waals surface area contributed by atoms with Crippen molar-refractivity contribution < 1.29 is 23.8 Å². The summed E-state index contributed by atoms with van der Waals surface area (Å²) < 4.78 is 16.1. The molecule has 0 aliphatic heterocycles. The van der Waals surface area contributed by atoms with Crippen LogP contribution in [0.25, 0.3) is 0 Å². The van der Waals surface area contributed by atoms with Gasteiger partial charge in [-0.1, -0.05) is 6.07 Å². The van der Waals surface area contributed by atoms with Crippen molar-refractivity contribution in [2.75, 3.05) is 26.8 Å². The first-order chi connectivity index (χ1) is 12.0. The van der Waals surface area contributed by atoms with Crippen LogP contribution in [0.2, 0.25) is 0 Å². The Kier molecular flexibility index (Phi) is 7.03. The van der Waals surface area contributed by atoms with Gasteiger partial charge in [-0.25, -0.2) is 4.79 Å². The van der Waals surface area contributed by atoms with Crippen molar-refractivity contribution in [3.8, 4) is 5.75 Å². The summed E-state index contributed by atoms with van der Waals surface area (Å²) in [7, 11) is 1.91. The summed E-state index contributed by atoms with van der Waals surface area (Å²) in [5.74, 6) is 1.86. The predicted octanol–water partition coefficient (Wildman–Crippen LogP) is 2.64. The highest BCUT2D eigenvalue weighted by Gasteiger charge is 2.12. The number of aryl methyl sites for hydroxylation is 1. The van der Waals surface area contributed by atoms with E-state index in [0.29, 0.717) is 31.0 Å². The maximum absolute atomic E-state index is 11.7. The maximum atomic E-state index is 11.7. The molecular formula is C19H25NO5. The van der Waals surface area contributed by atoms with Gasteiger partial charge in [0.2, 0.25) is 0 Å². The molecule has 6 nitrogen and oxygen atoms in total. The fourth-order valence-corrected chi connectivity index (χ4v) is 2.43. The average molecular weight is 347 g/mol. The number of nitrogens with zero attached hydrogens (tertiary/aromatic N) is 1. The van der Waals surface area contributed by atoms with E-state index in [0.717, 1.165) is 11.5 Å². The van der Waals surface area contributed by atoms with E-state index in [1.54, 1.807) is 31.2 Å². The molecule has 1 atom stereocenters. The van der Waals surface area contributed by atoms with E-state index in [2.05, 4.69) is 0 Å². The third-order valence-corrected chi connectivity index (χ3v) is 3.53. The fourth-order valence-electron chi connectivity index (χ4n) is 2.43. The van der Waals surface area contributed by atoms with Crippen LogP contribution in [0.1, 0.15) is 28.8 Å². The molecule has 0 fully saturated rings. The normalized spacial score (nSPS) is 12.2. The number of rotatable bonds is 9. The Balaban J connectivity index is 1.80. The first-order valence-corrected chi connectivity index (χ1v) is 8.30. The van der Waals surface area contributed by atoms with Gasteiger partial charge in [-0.15, -0.1) is 0 Å². The monoisotopic (exact) mass is 347 g/mol. The maximum Gasteiger partial charge on any atom is 0.338 e. The summed E-state index contributed by atoms with van der Waals surface area (Å²) in [6.45, 7) is 5.17.